The van der Waals surface area contributed by atoms with Crippen LogP contribution in [0, 0.1) is 6.92 Å². The van der Waals surface area contributed by atoms with Gasteiger partial charge in [0.25, 0.3) is 5.91 Å². The fraction of sp³-hybridized carbons (Fsp3) is 0.0769. The number of carbonyl (C=O) groups is 1. The maximum absolute atomic E-state index is 13.4. The number of rotatable bonds is 4. The molecule has 0 saturated carbocycles. The summed E-state index contributed by atoms with van der Waals surface area (Å²) in [7, 11) is 0. The number of nitrogens with zero attached hydrogens (tertiary/aromatic N) is 2. The third-order valence-electron chi connectivity index (χ3n) is 4.96. The molecule has 0 unspecified atom stereocenters. The van der Waals surface area contributed by atoms with Gasteiger partial charge in [0.1, 0.15) is 0 Å². The van der Waals surface area contributed by atoms with Crippen LogP contribution in [0.4, 0.5) is 5.69 Å². The zero-order valence-electron chi connectivity index (χ0n) is 16.8. The number of hydrazone groups is 1. The van der Waals surface area contributed by atoms with Crippen molar-refractivity contribution in [1.82, 2.24) is 0 Å². The molecule has 0 bridgehead atoms. The Morgan fingerprint density at radius 2 is 1.57 bits per heavy atom. The number of halogens is 1. The molecule has 0 aliphatic carbocycles. The van der Waals surface area contributed by atoms with Gasteiger partial charge in [0.15, 0.2) is 0 Å². The maximum Gasteiger partial charge on any atom is 0.281 e. The predicted molar refractivity (Wildman–Crippen MR) is 128 cm³/mol. The Bertz CT molecular complexity index is 1160. The van der Waals surface area contributed by atoms with Gasteiger partial charge in [-0.05, 0) is 54.8 Å². The molecular formula is C26H21BrN2O. The highest BCUT2D eigenvalue weighted by atomic mass is 79.9. The zero-order valence-corrected chi connectivity index (χ0v) is 18.4. The Balaban J connectivity index is 1.81. The summed E-state index contributed by atoms with van der Waals surface area (Å²) in [6.45, 7) is 3.94. The molecule has 148 valence electrons. The average molecular weight is 457 g/mol. The second kappa shape index (κ2) is 8.64. The first kappa shape index (κ1) is 20.0. The number of hydrogen-bond acceptors (Lipinski definition) is 2. The summed E-state index contributed by atoms with van der Waals surface area (Å²) in [6, 6.07) is 25.8. The quantitative estimate of drug-likeness (QED) is 0.404. The Morgan fingerprint density at radius 3 is 2.23 bits per heavy atom. The van der Waals surface area contributed by atoms with Crippen LogP contribution in [0.5, 0.6) is 0 Å². The SMILES string of the molecule is CC1=NN(c2ccccc2)C(=O)/C1=C(\C=C\c1ccc(Br)cc1)c1ccc(C)cc1. The lowest BCUT2D eigenvalue weighted by Crippen LogP contribution is -2.21. The van der Waals surface area contributed by atoms with Crippen LogP contribution in [0.2, 0.25) is 0 Å². The molecule has 1 amide bonds. The third kappa shape index (κ3) is 4.19. The van der Waals surface area contributed by atoms with E-state index in [1.54, 1.807) is 0 Å². The first-order chi connectivity index (χ1) is 14.5. The first-order valence-electron chi connectivity index (χ1n) is 9.73. The highest BCUT2D eigenvalue weighted by Gasteiger charge is 2.31. The molecule has 0 atom stereocenters. The molecule has 3 nitrogen and oxygen atoms in total. The number of allylic oxidation sites excluding steroid dienone is 2. The molecule has 4 heteroatoms. The van der Waals surface area contributed by atoms with Gasteiger partial charge in [0, 0.05) is 4.47 Å². The van der Waals surface area contributed by atoms with Crippen molar-refractivity contribution in [2.24, 2.45) is 5.10 Å². The van der Waals surface area contributed by atoms with Crippen molar-refractivity contribution in [3.8, 4) is 0 Å². The summed E-state index contributed by atoms with van der Waals surface area (Å²) in [5.74, 6) is -0.116. The fourth-order valence-corrected chi connectivity index (χ4v) is 3.64. The molecule has 1 aliphatic rings. The number of benzene rings is 3. The number of carbonyl (C=O) groups excluding carboxylic acids is 1. The lowest BCUT2D eigenvalue weighted by molar-refractivity contribution is -0.114. The lowest BCUT2D eigenvalue weighted by Gasteiger charge is -2.13. The summed E-state index contributed by atoms with van der Waals surface area (Å²) in [4.78, 5) is 13.4. The number of amides is 1. The molecule has 0 radical (unpaired) electrons. The zero-order chi connectivity index (χ0) is 21.1. The van der Waals surface area contributed by atoms with Crippen molar-refractivity contribution in [2.75, 3.05) is 5.01 Å². The van der Waals surface area contributed by atoms with Crippen molar-refractivity contribution in [2.45, 2.75) is 13.8 Å². The van der Waals surface area contributed by atoms with Crippen LogP contribution in [0.1, 0.15) is 23.6 Å². The molecule has 1 heterocycles. The second-order valence-corrected chi connectivity index (χ2v) is 8.09. The van der Waals surface area contributed by atoms with Crippen LogP contribution in [-0.2, 0) is 4.79 Å². The summed E-state index contributed by atoms with van der Waals surface area (Å²) in [5.41, 5.74) is 6.18. The molecule has 3 aromatic carbocycles. The minimum Gasteiger partial charge on any atom is -0.267 e. The largest absolute Gasteiger partial charge is 0.281 e. The van der Waals surface area contributed by atoms with Crippen LogP contribution in [-0.4, -0.2) is 11.6 Å². The van der Waals surface area contributed by atoms with Crippen molar-refractivity contribution in [3.63, 3.8) is 0 Å². The minimum absolute atomic E-state index is 0.116. The van der Waals surface area contributed by atoms with E-state index in [1.807, 2.05) is 73.7 Å². The predicted octanol–water partition coefficient (Wildman–Crippen LogP) is 6.65. The molecule has 0 spiro atoms. The molecule has 0 saturated heterocycles. The molecule has 4 rings (SSSR count). The molecule has 3 aromatic rings. The van der Waals surface area contributed by atoms with Gasteiger partial charge in [0.2, 0.25) is 0 Å². The molecule has 1 aliphatic heterocycles. The molecule has 0 fully saturated rings. The minimum atomic E-state index is -0.116. The highest BCUT2D eigenvalue weighted by molar-refractivity contribution is 9.10. The average Bonchev–Trinajstić information content (AvgIpc) is 3.06. The van der Waals surface area contributed by atoms with Crippen LogP contribution >= 0.6 is 15.9 Å². The van der Waals surface area contributed by atoms with E-state index in [0.717, 1.165) is 26.9 Å². The topological polar surface area (TPSA) is 32.7 Å². The third-order valence-corrected chi connectivity index (χ3v) is 5.49. The monoisotopic (exact) mass is 456 g/mol. The van der Waals surface area contributed by atoms with Crippen molar-refractivity contribution in [3.05, 3.63) is 112 Å². The van der Waals surface area contributed by atoms with Gasteiger partial charge >= 0.3 is 0 Å². The molecule has 30 heavy (non-hydrogen) atoms. The second-order valence-electron chi connectivity index (χ2n) is 7.18. The van der Waals surface area contributed by atoms with E-state index in [1.165, 1.54) is 10.6 Å². The summed E-state index contributed by atoms with van der Waals surface area (Å²) >= 11 is 3.47. The van der Waals surface area contributed by atoms with Gasteiger partial charge in [-0.1, -0.05) is 88.2 Å². The Hall–Kier alpha value is -3.24. The smallest absolute Gasteiger partial charge is 0.267 e. The van der Waals surface area contributed by atoms with Crippen molar-refractivity contribution in [1.29, 1.82) is 0 Å². The maximum atomic E-state index is 13.4. The Morgan fingerprint density at radius 1 is 0.900 bits per heavy atom. The van der Waals surface area contributed by atoms with E-state index in [9.17, 15) is 4.79 Å². The van der Waals surface area contributed by atoms with E-state index >= 15 is 0 Å². The standard InChI is InChI=1S/C26H21BrN2O/c1-18-8-13-21(14-9-18)24(17-12-20-10-15-22(27)16-11-20)25-19(2)28-29(26(25)30)23-6-4-3-5-7-23/h3-17H,1-2H3/b17-12+,25-24+. The number of para-hydroxylation sites is 1. The molecule has 0 aromatic heterocycles. The first-order valence-corrected chi connectivity index (χ1v) is 10.5. The molecule has 0 N–H and O–H groups in total. The van der Waals surface area contributed by atoms with E-state index < -0.39 is 0 Å². The fourth-order valence-electron chi connectivity index (χ4n) is 3.37. The van der Waals surface area contributed by atoms with Gasteiger partial charge in [-0.15, -0.1) is 0 Å². The highest BCUT2D eigenvalue weighted by Crippen LogP contribution is 2.30. The van der Waals surface area contributed by atoms with E-state index in [-0.39, 0.29) is 5.91 Å². The van der Waals surface area contributed by atoms with Gasteiger partial charge in [-0.3, -0.25) is 4.79 Å². The van der Waals surface area contributed by atoms with Gasteiger partial charge < -0.3 is 0 Å². The van der Waals surface area contributed by atoms with Crippen LogP contribution in [0.3, 0.4) is 0 Å². The van der Waals surface area contributed by atoms with Crippen LogP contribution in [0.25, 0.3) is 11.6 Å². The number of aryl methyl sites for hydroxylation is 1. The van der Waals surface area contributed by atoms with Crippen LogP contribution < -0.4 is 5.01 Å². The summed E-state index contributed by atoms with van der Waals surface area (Å²) < 4.78 is 1.03. The number of hydrogen-bond donors (Lipinski definition) is 0. The van der Waals surface area contributed by atoms with E-state index in [0.29, 0.717) is 11.3 Å². The summed E-state index contributed by atoms with van der Waals surface area (Å²) in [5, 5.41) is 6.03. The van der Waals surface area contributed by atoms with E-state index in [4.69, 9.17) is 0 Å². The van der Waals surface area contributed by atoms with Crippen molar-refractivity contribution >= 4 is 44.9 Å². The number of anilines is 1. The Labute approximate surface area is 185 Å². The lowest BCUT2D eigenvalue weighted by atomic mass is 9.95. The summed E-state index contributed by atoms with van der Waals surface area (Å²) in [6.07, 6.45) is 4.04. The Kier molecular flexibility index (Phi) is 5.77. The molecular weight excluding hydrogens is 436 g/mol. The normalized spacial score (nSPS) is 15.6. The van der Waals surface area contributed by atoms with Crippen LogP contribution in [0.15, 0.2) is 100 Å². The van der Waals surface area contributed by atoms with Crippen molar-refractivity contribution < 1.29 is 4.79 Å². The van der Waals surface area contributed by atoms with Gasteiger partial charge in [0.05, 0.1) is 17.0 Å². The van der Waals surface area contributed by atoms with Gasteiger partial charge in [-0.2, -0.15) is 10.1 Å². The van der Waals surface area contributed by atoms with Gasteiger partial charge in [-0.25, -0.2) is 0 Å². The van der Waals surface area contributed by atoms with E-state index in [2.05, 4.69) is 52.2 Å².